The number of aliphatic hydroxyl groups is 1. The number of carbonyl (C=O) groups excluding carboxylic acids is 1. The molecule has 1 unspecified atom stereocenters. The SMILES string of the molecule is Cc1nn(C)c(C)c1/C=C/C(=O)NCC(O)c1ccsc1. The number of hydrogen-bond donors (Lipinski definition) is 2. The number of thiophene rings is 1. The molecule has 2 aromatic heterocycles. The van der Waals surface area contributed by atoms with Gasteiger partial charge in [-0.3, -0.25) is 9.48 Å². The lowest BCUT2D eigenvalue weighted by Gasteiger charge is -2.08. The molecule has 112 valence electrons. The Balaban J connectivity index is 1.91. The van der Waals surface area contributed by atoms with Gasteiger partial charge in [0.05, 0.1) is 11.8 Å². The Bertz CT molecular complexity index is 644. The van der Waals surface area contributed by atoms with E-state index in [1.165, 1.54) is 17.4 Å². The fourth-order valence-corrected chi connectivity index (χ4v) is 2.74. The van der Waals surface area contributed by atoms with Crippen LogP contribution in [-0.4, -0.2) is 27.3 Å². The largest absolute Gasteiger partial charge is 0.387 e. The highest BCUT2D eigenvalue weighted by atomic mass is 32.1. The Kier molecular flexibility index (Phi) is 4.93. The lowest BCUT2D eigenvalue weighted by atomic mass is 10.2. The van der Waals surface area contributed by atoms with Gasteiger partial charge in [-0.05, 0) is 42.3 Å². The van der Waals surface area contributed by atoms with Crippen LogP contribution >= 0.6 is 11.3 Å². The van der Waals surface area contributed by atoms with Crippen LogP contribution in [0.25, 0.3) is 6.08 Å². The highest BCUT2D eigenvalue weighted by Crippen LogP contribution is 2.15. The van der Waals surface area contributed by atoms with Crippen molar-refractivity contribution < 1.29 is 9.90 Å². The van der Waals surface area contributed by atoms with E-state index in [-0.39, 0.29) is 12.5 Å². The molecule has 2 N–H and O–H groups in total. The van der Waals surface area contributed by atoms with Gasteiger partial charge in [-0.15, -0.1) is 0 Å². The van der Waals surface area contributed by atoms with Gasteiger partial charge in [-0.25, -0.2) is 0 Å². The van der Waals surface area contributed by atoms with Crippen LogP contribution in [-0.2, 0) is 11.8 Å². The number of hydrogen-bond acceptors (Lipinski definition) is 4. The van der Waals surface area contributed by atoms with Crippen molar-refractivity contribution in [2.24, 2.45) is 7.05 Å². The highest BCUT2D eigenvalue weighted by molar-refractivity contribution is 7.07. The minimum atomic E-state index is -0.671. The van der Waals surface area contributed by atoms with Crippen LogP contribution in [0.15, 0.2) is 22.9 Å². The van der Waals surface area contributed by atoms with Crippen LogP contribution in [0.2, 0.25) is 0 Å². The molecule has 2 heterocycles. The molecule has 21 heavy (non-hydrogen) atoms. The van der Waals surface area contributed by atoms with E-state index in [0.717, 1.165) is 22.5 Å². The molecule has 0 aliphatic rings. The number of aryl methyl sites for hydroxylation is 2. The molecule has 1 atom stereocenters. The fraction of sp³-hybridized carbons (Fsp3) is 0.333. The summed E-state index contributed by atoms with van der Waals surface area (Å²) in [7, 11) is 1.87. The molecule has 0 aliphatic carbocycles. The zero-order valence-electron chi connectivity index (χ0n) is 12.3. The maximum atomic E-state index is 11.8. The Labute approximate surface area is 127 Å². The van der Waals surface area contributed by atoms with Crippen LogP contribution in [0.3, 0.4) is 0 Å². The van der Waals surface area contributed by atoms with Gasteiger partial charge in [0.25, 0.3) is 0 Å². The van der Waals surface area contributed by atoms with E-state index in [0.29, 0.717) is 0 Å². The summed E-state index contributed by atoms with van der Waals surface area (Å²) < 4.78 is 1.78. The summed E-state index contributed by atoms with van der Waals surface area (Å²) in [6.45, 7) is 4.06. The molecule has 0 fully saturated rings. The van der Waals surface area contributed by atoms with Gasteiger partial charge in [0.15, 0.2) is 0 Å². The van der Waals surface area contributed by atoms with Crippen molar-refractivity contribution in [1.82, 2.24) is 15.1 Å². The van der Waals surface area contributed by atoms with Crippen molar-refractivity contribution >= 4 is 23.3 Å². The molecule has 0 radical (unpaired) electrons. The predicted octanol–water partition coefficient (Wildman–Crippen LogP) is 1.96. The summed E-state index contributed by atoms with van der Waals surface area (Å²) in [6, 6.07) is 1.85. The first-order valence-corrected chi connectivity index (χ1v) is 7.59. The van der Waals surface area contributed by atoms with Gasteiger partial charge in [-0.1, -0.05) is 0 Å². The zero-order chi connectivity index (χ0) is 15.4. The second kappa shape index (κ2) is 6.69. The van der Waals surface area contributed by atoms with Crippen molar-refractivity contribution in [3.8, 4) is 0 Å². The van der Waals surface area contributed by atoms with Gasteiger partial charge < -0.3 is 10.4 Å². The maximum Gasteiger partial charge on any atom is 0.244 e. The van der Waals surface area contributed by atoms with Crippen molar-refractivity contribution in [3.63, 3.8) is 0 Å². The van der Waals surface area contributed by atoms with Gasteiger partial charge in [-0.2, -0.15) is 16.4 Å². The number of carbonyl (C=O) groups is 1. The van der Waals surface area contributed by atoms with E-state index in [4.69, 9.17) is 0 Å². The summed E-state index contributed by atoms with van der Waals surface area (Å²) in [6.07, 6.45) is 2.55. The molecule has 2 aromatic rings. The van der Waals surface area contributed by atoms with Crippen molar-refractivity contribution in [3.05, 3.63) is 45.4 Å². The Morgan fingerprint density at radius 1 is 1.57 bits per heavy atom. The number of aliphatic hydroxyl groups excluding tert-OH is 1. The Hall–Kier alpha value is -1.92. The monoisotopic (exact) mass is 305 g/mol. The fourth-order valence-electron chi connectivity index (χ4n) is 2.03. The first kappa shape index (κ1) is 15.5. The van der Waals surface area contributed by atoms with Crippen LogP contribution in [0.4, 0.5) is 0 Å². The smallest absolute Gasteiger partial charge is 0.244 e. The molecular weight excluding hydrogens is 286 g/mol. The van der Waals surface area contributed by atoms with Crippen molar-refractivity contribution in [2.75, 3.05) is 6.54 Å². The van der Waals surface area contributed by atoms with E-state index in [1.54, 1.807) is 10.8 Å². The molecule has 0 bridgehead atoms. The second-order valence-corrected chi connectivity index (χ2v) is 5.64. The number of aromatic nitrogens is 2. The standard InChI is InChI=1S/C15H19N3O2S/c1-10-13(11(2)18(3)17-10)4-5-15(20)16-8-14(19)12-6-7-21-9-12/h4-7,9,14,19H,8H2,1-3H3,(H,16,20)/b5-4+. The van der Waals surface area contributed by atoms with Gasteiger partial charge >= 0.3 is 0 Å². The Morgan fingerprint density at radius 3 is 2.90 bits per heavy atom. The number of amides is 1. The van der Waals surface area contributed by atoms with Gasteiger partial charge in [0.2, 0.25) is 5.91 Å². The van der Waals surface area contributed by atoms with Crippen molar-refractivity contribution in [1.29, 1.82) is 0 Å². The summed E-state index contributed by atoms with van der Waals surface area (Å²) in [5.41, 5.74) is 3.67. The van der Waals surface area contributed by atoms with E-state index in [1.807, 2.05) is 37.7 Å². The number of rotatable bonds is 5. The first-order chi connectivity index (χ1) is 9.99. The molecular formula is C15H19N3O2S. The lowest BCUT2D eigenvalue weighted by Crippen LogP contribution is -2.26. The van der Waals surface area contributed by atoms with E-state index < -0.39 is 6.10 Å². The Morgan fingerprint density at radius 2 is 2.33 bits per heavy atom. The highest BCUT2D eigenvalue weighted by Gasteiger charge is 2.09. The van der Waals surface area contributed by atoms with E-state index >= 15 is 0 Å². The third-order valence-corrected chi connectivity index (χ3v) is 4.07. The van der Waals surface area contributed by atoms with Crippen LogP contribution in [0.1, 0.15) is 28.6 Å². The van der Waals surface area contributed by atoms with Crippen LogP contribution < -0.4 is 5.32 Å². The first-order valence-electron chi connectivity index (χ1n) is 6.65. The molecule has 2 rings (SSSR count). The summed E-state index contributed by atoms with van der Waals surface area (Å²) in [4.78, 5) is 11.8. The molecule has 5 nitrogen and oxygen atoms in total. The summed E-state index contributed by atoms with van der Waals surface area (Å²) in [5, 5.41) is 20.6. The second-order valence-electron chi connectivity index (χ2n) is 4.86. The average molecular weight is 305 g/mol. The topological polar surface area (TPSA) is 67.2 Å². The van der Waals surface area contributed by atoms with E-state index in [2.05, 4.69) is 10.4 Å². The van der Waals surface area contributed by atoms with Gasteiger partial charge in [0.1, 0.15) is 0 Å². The van der Waals surface area contributed by atoms with E-state index in [9.17, 15) is 9.90 Å². The van der Waals surface area contributed by atoms with Crippen LogP contribution in [0.5, 0.6) is 0 Å². The molecule has 0 saturated heterocycles. The summed E-state index contributed by atoms with van der Waals surface area (Å²) in [5.74, 6) is -0.230. The minimum Gasteiger partial charge on any atom is -0.387 e. The summed E-state index contributed by atoms with van der Waals surface area (Å²) >= 11 is 1.52. The molecule has 0 aliphatic heterocycles. The predicted molar refractivity (Wildman–Crippen MR) is 84.0 cm³/mol. The minimum absolute atomic E-state index is 0.199. The number of nitrogens with one attached hydrogen (secondary N) is 1. The molecule has 0 aromatic carbocycles. The van der Waals surface area contributed by atoms with Crippen LogP contribution in [0, 0.1) is 13.8 Å². The maximum absolute atomic E-state index is 11.8. The van der Waals surface area contributed by atoms with Gasteiger partial charge in [0, 0.05) is 30.9 Å². The quantitative estimate of drug-likeness (QED) is 0.830. The lowest BCUT2D eigenvalue weighted by molar-refractivity contribution is -0.116. The molecule has 1 amide bonds. The molecule has 6 heteroatoms. The molecule has 0 saturated carbocycles. The third kappa shape index (κ3) is 3.80. The third-order valence-electron chi connectivity index (χ3n) is 3.36. The number of nitrogens with zero attached hydrogens (tertiary/aromatic N) is 2. The van der Waals surface area contributed by atoms with Crippen molar-refractivity contribution in [2.45, 2.75) is 20.0 Å². The average Bonchev–Trinajstić information content (AvgIpc) is 3.05. The normalized spacial score (nSPS) is 12.8. The molecule has 0 spiro atoms. The zero-order valence-corrected chi connectivity index (χ0v) is 13.1.